The number of methoxy groups -OCH3 is 2. The Balaban J connectivity index is 1.94. The Morgan fingerprint density at radius 1 is 1.15 bits per heavy atom. The topological polar surface area (TPSA) is 38.7 Å². The van der Waals surface area contributed by atoms with Crippen LogP contribution in [0.15, 0.2) is 18.2 Å². The van der Waals surface area contributed by atoms with E-state index in [-0.39, 0.29) is 0 Å². The van der Waals surface area contributed by atoms with Crippen molar-refractivity contribution in [3.63, 3.8) is 0 Å². The van der Waals surface area contributed by atoms with E-state index in [9.17, 15) is 5.11 Å². The summed E-state index contributed by atoms with van der Waals surface area (Å²) in [5, 5.41) is 12.4. The van der Waals surface area contributed by atoms with Crippen LogP contribution in [0.1, 0.15) is 37.7 Å². The molecular formula is C16H22O3S. The first-order valence-electron chi connectivity index (χ1n) is 7.25. The molecule has 3 rings (SSSR count). The average Bonchev–Trinajstić information content (AvgIpc) is 2.46. The maximum Gasteiger partial charge on any atom is 0.128 e. The zero-order chi connectivity index (χ0) is 14.2. The lowest BCUT2D eigenvalue weighted by Crippen LogP contribution is -2.40. The van der Waals surface area contributed by atoms with Crippen molar-refractivity contribution in [2.24, 2.45) is 0 Å². The van der Waals surface area contributed by atoms with E-state index in [1.807, 2.05) is 18.2 Å². The van der Waals surface area contributed by atoms with E-state index in [0.29, 0.717) is 10.5 Å². The van der Waals surface area contributed by atoms with Crippen molar-refractivity contribution >= 4 is 11.8 Å². The molecule has 3 nitrogen and oxygen atoms in total. The van der Waals surface area contributed by atoms with Crippen molar-refractivity contribution in [3.05, 3.63) is 23.8 Å². The van der Waals surface area contributed by atoms with Crippen molar-refractivity contribution in [1.82, 2.24) is 0 Å². The fourth-order valence-electron chi connectivity index (χ4n) is 3.52. The predicted octanol–water partition coefficient (Wildman–Crippen LogP) is 3.34. The third-order valence-electron chi connectivity index (χ3n) is 4.48. The van der Waals surface area contributed by atoms with Crippen molar-refractivity contribution in [3.8, 4) is 11.5 Å². The lowest BCUT2D eigenvalue weighted by molar-refractivity contribution is 0.00606. The van der Waals surface area contributed by atoms with E-state index in [0.717, 1.165) is 29.9 Å². The second kappa shape index (κ2) is 5.49. The number of benzene rings is 1. The Bertz CT molecular complexity index is 477. The molecule has 0 radical (unpaired) electrons. The van der Waals surface area contributed by atoms with Gasteiger partial charge in [-0.25, -0.2) is 0 Å². The van der Waals surface area contributed by atoms with Gasteiger partial charge in [0, 0.05) is 22.1 Å². The zero-order valence-corrected chi connectivity index (χ0v) is 12.9. The van der Waals surface area contributed by atoms with Crippen LogP contribution in [0.4, 0.5) is 0 Å². The molecule has 2 saturated heterocycles. The van der Waals surface area contributed by atoms with Gasteiger partial charge >= 0.3 is 0 Å². The van der Waals surface area contributed by atoms with Gasteiger partial charge in [0.1, 0.15) is 11.5 Å². The minimum absolute atomic E-state index is 0.583. The number of fused-ring (bicyclic) bond motifs is 2. The van der Waals surface area contributed by atoms with Gasteiger partial charge in [0.05, 0.1) is 19.8 Å². The van der Waals surface area contributed by atoms with Gasteiger partial charge in [-0.15, -0.1) is 0 Å². The van der Waals surface area contributed by atoms with Crippen molar-refractivity contribution in [2.75, 3.05) is 14.2 Å². The molecule has 0 aromatic heterocycles. The van der Waals surface area contributed by atoms with Crippen LogP contribution < -0.4 is 9.47 Å². The summed E-state index contributed by atoms with van der Waals surface area (Å²) in [6, 6.07) is 5.74. The van der Waals surface area contributed by atoms with Crippen molar-refractivity contribution < 1.29 is 14.6 Å². The Morgan fingerprint density at radius 2 is 1.85 bits per heavy atom. The molecule has 4 heteroatoms. The standard InChI is InChI=1S/C16H22O3S/c1-18-11-6-7-14(15(8-11)19-2)16(17)9-12-4-3-5-13(10-16)20-12/h6-8,12-13,17H,3-5,9-10H2,1-2H3. The summed E-state index contributed by atoms with van der Waals surface area (Å²) < 4.78 is 10.7. The zero-order valence-electron chi connectivity index (χ0n) is 12.1. The molecule has 2 bridgehead atoms. The largest absolute Gasteiger partial charge is 0.497 e. The summed E-state index contributed by atoms with van der Waals surface area (Å²) in [5.41, 5.74) is 0.163. The third kappa shape index (κ3) is 2.51. The summed E-state index contributed by atoms with van der Waals surface area (Å²) >= 11 is 2.07. The van der Waals surface area contributed by atoms with E-state index in [1.54, 1.807) is 14.2 Å². The molecule has 2 fully saturated rings. The number of rotatable bonds is 3. The smallest absolute Gasteiger partial charge is 0.128 e. The molecule has 0 saturated carbocycles. The monoisotopic (exact) mass is 294 g/mol. The minimum Gasteiger partial charge on any atom is -0.497 e. The molecule has 2 aliphatic rings. The first-order chi connectivity index (χ1) is 9.64. The van der Waals surface area contributed by atoms with Gasteiger partial charge < -0.3 is 14.6 Å². The SMILES string of the molecule is COc1ccc(C2(O)CC3CCCC(C2)S3)c(OC)c1. The van der Waals surface area contributed by atoms with Crippen LogP contribution in [0.25, 0.3) is 0 Å². The Morgan fingerprint density at radius 3 is 2.45 bits per heavy atom. The summed E-state index contributed by atoms with van der Waals surface area (Å²) in [4.78, 5) is 0. The molecule has 0 aliphatic carbocycles. The van der Waals surface area contributed by atoms with Crippen LogP contribution in [0, 0.1) is 0 Å². The number of hydrogen-bond acceptors (Lipinski definition) is 4. The maximum absolute atomic E-state index is 11.2. The van der Waals surface area contributed by atoms with Crippen LogP contribution in [-0.2, 0) is 5.60 Å². The van der Waals surface area contributed by atoms with Crippen LogP contribution in [-0.4, -0.2) is 29.8 Å². The lowest BCUT2D eigenvalue weighted by Gasteiger charge is -2.44. The van der Waals surface area contributed by atoms with Gasteiger partial charge in [0.2, 0.25) is 0 Å². The third-order valence-corrected chi connectivity index (χ3v) is 6.05. The summed E-state index contributed by atoms with van der Waals surface area (Å²) in [6.07, 6.45) is 5.41. The predicted molar refractivity (Wildman–Crippen MR) is 81.7 cm³/mol. The fraction of sp³-hybridized carbons (Fsp3) is 0.625. The van der Waals surface area contributed by atoms with E-state index in [2.05, 4.69) is 11.8 Å². The molecule has 2 unspecified atom stereocenters. The highest BCUT2D eigenvalue weighted by Gasteiger charge is 2.43. The van der Waals surface area contributed by atoms with Gasteiger partial charge in [0.15, 0.2) is 0 Å². The van der Waals surface area contributed by atoms with Gasteiger partial charge in [-0.05, 0) is 37.8 Å². The molecule has 2 aliphatic heterocycles. The molecule has 0 spiro atoms. The van der Waals surface area contributed by atoms with E-state index in [1.165, 1.54) is 19.3 Å². The number of aliphatic hydroxyl groups is 1. The number of ether oxygens (including phenoxy) is 2. The van der Waals surface area contributed by atoms with Gasteiger partial charge in [-0.1, -0.05) is 6.42 Å². The molecule has 1 aromatic rings. The van der Waals surface area contributed by atoms with Crippen molar-refractivity contribution in [1.29, 1.82) is 0 Å². The summed E-state index contributed by atoms with van der Waals surface area (Å²) in [7, 11) is 3.30. The second-order valence-electron chi connectivity index (χ2n) is 5.82. The van der Waals surface area contributed by atoms with Gasteiger partial charge in [0.25, 0.3) is 0 Å². The van der Waals surface area contributed by atoms with Gasteiger partial charge in [-0.2, -0.15) is 11.8 Å². The first kappa shape index (κ1) is 14.1. The van der Waals surface area contributed by atoms with E-state index < -0.39 is 5.60 Å². The molecule has 1 N–H and O–H groups in total. The number of hydrogen-bond donors (Lipinski definition) is 1. The van der Waals surface area contributed by atoms with Gasteiger partial charge in [-0.3, -0.25) is 0 Å². The average molecular weight is 294 g/mol. The van der Waals surface area contributed by atoms with Crippen LogP contribution in [0.3, 0.4) is 0 Å². The molecule has 0 amide bonds. The summed E-state index contributed by atoms with van der Waals surface area (Å²) in [5.74, 6) is 1.50. The molecule has 1 aromatic carbocycles. The quantitative estimate of drug-likeness (QED) is 0.928. The molecule has 2 atom stereocenters. The van der Waals surface area contributed by atoms with Crippen molar-refractivity contribution in [2.45, 2.75) is 48.2 Å². The molecule has 2 heterocycles. The molecule has 20 heavy (non-hydrogen) atoms. The van der Waals surface area contributed by atoms with Crippen LogP contribution in [0.2, 0.25) is 0 Å². The van der Waals surface area contributed by atoms with Crippen LogP contribution in [0.5, 0.6) is 11.5 Å². The lowest BCUT2D eigenvalue weighted by atomic mass is 9.80. The molecule has 110 valence electrons. The second-order valence-corrected chi connectivity index (χ2v) is 7.42. The molecular weight excluding hydrogens is 272 g/mol. The van der Waals surface area contributed by atoms with Crippen LogP contribution >= 0.6 is 11.8 Å². The first-order valence-corrected chi connectivity index (χ1v) is 8.19. The highest BCUT2D eigenvalue weighted by Crippen LogP contribution is 2.51. The highest BCUT2D eigenvalue weighted by atomic mass is 32.2. The number of thioether (sulfide) groups is 1. The van der Waals surface area contributed by atoms with E-state index in [4.69, 9.17) is 9.47 Å². The Kier molecular flexibility index (Phi) is 3.87. The summed E-state index contributed by atoms with van der Waals surface area (Å²) in [6.45, 7) is 0. The highest BCUT2D eigenvalue weighted by molar-refractivity contribution is 8.00. The maximum atomic E-state index is 11.2. The Labute approximate surface area is 124 Å². The Hall–Kier alpha value is -0.870. The minimum atomic E-state index is -0.751. The van der Waals surface area contributed by atoms with E-state index >= 15 is 0 Å². The fourth-order valence-corrected chi connectivity index (χ4v) is 5.42. The normalized spacial score (nSPS) is 32.8.